The van der Waals surface area contributed by atoms with Gasteiger partial charge in [0.15, 0.2) is 0 Å². The molecule has 11 nitrogen and oxygen atoms in total. The third-order valence-corrected chi connectivity index (χ3v) is 6.43. The van der Waals surface area contributed by atoms with Crippen molar-refractivity contribution in [3.63, 3.8) is 0 Å². The topological polar surface area (TPSA) is 109 Å². The summed E-state index contributed by atoms with van der Waals surface area (Å²) in [6, 6.07) is 0.203. The van der Waals surface area contributed by atoms with Crippen LogP contribution in [-0.2, 0) is 27.3 Å². The molecule has 0 unspecified atom stereocenters. The van der Waals surface area contributed by atoms with E-state index < -0.39 is 0 Å². The van der Waals surface area contributed by atoms with Crippen LogP contribution in [0.15, 0.2) is 31.2 Å². The van der Waals surface area contributed by atoms with Gasteiger partial charge in [-0.25, -0.2) is 4.98 Å². The number of fused-ring (bicyclic) bond motifs is 1. The van der Waals surface area contributed by atoms with Crippen molar-refractivity contribution >= 4 is 29.3 Å². The number of aryl methyl sites for hydroxylation is 1. The number of rotatable bonds is 10. The molecule has 0 radical (unpaired) electrons. The molecule has 4 rings (SSSR count). The third-order valence-electron chi connectivity index (χ3n) is 6.43. The van der Waals surface area contributed by atoms with Gasteiger partial charge in [0.2, 0.25) is 17.8 Å². The number of piperazine rings is 1. The van der Waals surface area contributed by atoms with E-state index in [4.69, 9.17) is 9.72 Å². The zero-order chi connectivity index (χ0) is 24.8. The highest BCUT2D eigenvalue weighted by atomic mass is 16.5. The van der Waals surface area contributed by atoms with E-state index in [0.717, 1.165) is 17.8 Å². The summed E-state index contributed by atoms with van der Waals surface area (Å²) in [5.74, 6) is 1.13. The van der Waals surface area contributed by atoms with E-state index in [1.165, 1.54) is 6.08 Å². The minimum atomic E-state index is -0.0341. The van der Waals surface area contributed by atoms with Gasteiger partial charge in [-0.15, -0.1) is 0 Å². The Labute approximate surface area is 205 Å². The van der Waals surface area contributed by atoms with E-state index in [2.05, 4.69) is 33.8 Å². The van der Waals surface area contributed by atoms with Crippen LogP contribution in [0, 0.1) is 0 Å². The molecule has 2 aliphatic rings. The first kappa shape index (κ1) is 24.8. The molecule has 1 saturated heterocycles. The van der Waals surface area contributed by atoms with Gasteiger partial charge in [0.05, 0.1) is 25.0 Å². The van der Waals surface area contributed by atoms with Crippen molar-refractivity contribution in [2.45, 2.75) is 39.3 Å². The van der Waals surface area contributed by atoms with Gasteiger partial charge in [0.25, 0.3) is 0 Å². The average Bonchev–Trinajstić information content (AvgIpc) is 3.30. The molecule has 2 aromatic rings. The van der Waals surface area contributed by atoms with E-state index >= 15 is 0 Å². The Kier molecular flexibility index (Phi) is 8.09. The minimum absolute atomic E-state index is 0.0341. The second-order valence-corrected chi connectivity index (χ2v) is 8.78. The lowest BCUT2D eigenvalue weighted by Crippen LogP contribution is -2.55. The van der Waals surface area contributed by atoms with Crippen molar-refractivity contribution in [1.82, 2.24) is 29.5 Å². The van der Waals surface area contributed by atoms with Gasteiger partial charge in [-0.05, 0) is 26.3 Å². The lowest BCUT2D eigenvalue weighted by Gasteiger charge is -2.40. The number of amides is 2. The molecule has 2 aromatic heterocycles. The van der Waals surface area contributed by atoms with Crippen molar-refractivity contribution in [3.05, 3.63) is 36.8 Å². The number of carbonyl (C=O) groups excluding carboxylic acids is 2. The summed E-state index contributed by atoms with van der Waals surface area (Å²) < 4.78 is 7.18. The SMILES string of the molecule is C=CC(=O)N1CCN(CCN2C(=O)CCc3cnc(Nc4cnn(CCOCC)c4)nc32)[C@@H](C)C1. The second-order valence-electron chi connectivity index (χ2n) is 8.78. The number of hydrogen-bond acceptors (Lipinski definition) is 8. The summed E-state index contributed by atoms with van der Waals surface area (Å²) in [6.45, 7) is 12.9. The van der Waals surface area contributed by atoms with Crippen LogP contribution in [0.2, 0.25) is 0 Å². The van der Waals surface area contributed by atoms with E-state index in [9.17, 15) is 9.59 Å². The van der Waals surface area contributed by atoms with Crippen molar-refractivity contribution in [1.29, 1.82) is 0 Å². The first-order valence-corrected chi connectivity index (χ1v) is 12.2. The number of nitrogens with zero attached hydrogens (tertiary/aromatic N) is 7. The van der Waals surface area contributed by atoms with Crippen LogP contribution in [-0.4, -0.2) is 93.3 Å². The largest absolute Gasteiger partial charge is 0.380 e. The number of nitrogens with one attached hydrogen (secondary N) is 1. The average molecular weight is 483 g/mol. The Morgan fingerprint density at radius 2 is 2.11 bits per heavy atom. The predicted octanol–water partition coefficient (Wildman–Crippen LogP) is 1.45. The normalized spacial score (nSPS) is 18.5. The Hall–Kier alpha value is -3.31. The summed E-state index contributed by atoms with van der Waals surface area (Å²) >= 11 is 0. The maximum atomic E-state index is 12.8. The molecule has 1 N–H and O–H groups in total. The highest BCUT2D eigenvalue weighted by molar-refractivity contribution is 5.95. The van der Waals surface area contributed by atoms with E-state index in [-0.39, 0.29) is 17.9 Å². The predicted molar refractivity (Wildman–Crippen MR) is 133 cm³/mol. The van der Waals surface area contributed by atoms with Gasteiger partial charge in [0.1, 0.15) is 5.82 Å². The van der Waals surface area contributed by atoms with Gasteiger partial charge < -0.3 is 15.0 Å². The van der Waals surface area contributed by atoms with Crippen molar-refractivity contribution in [2.75, 3.05) is 56.2 Å². The molecule has 1 atom stereocenters. The summed E-state index contributed by atoms with van der Waals surface area (Å²) in [4.78, 5) is 39.8. The molecular formula is C24H34N8O3. The molecule has 35 heavy (non-hydrogen) atoms. The van der Waals surface area contributed by atoms with Crippen LogP contribution in [0.25, 0.3) is 0 Å². The molecule has 2 amide bonds. The lowest BCUT2D eigenvalue weighted by molar-refractivity contribution is -0.128. The molecule has 4 heterocycles. The molecule has 1 fully saturated rings. The molecule has 0 bridgehead atoms. The molecule has 2 aliphatic heterocycles. The van der Waals surface area contributed by atoms with Crippen LogP contribution in [0.5, 0.6) is 0 Å². The van der Waals surface area contributed by atoms with Crippen LogP contribution in [0.3, 0.4) is 0 Å². The highest BCUT2D eigenvalue weighted by Crippen LogP contribution is 2.27. The van der Waals surface area contributed by atoms with Crippen LogP contribution >= 0.6 is 0 Å². The van der Waals surface area contributed by atoms with Crippen molar-refractivity contribution < 1.29 is 14.3 Å². The summed E-state index contributed by atoms with van der Waals surface area (Å²) in [5.41, 5.74) is 1.74. The van der Waals surface area contributed by atoms with Gasteiger partial charge >= 0.3 is 0 Å². The van der Waals surface area contributed by atoms with Crippen molar-refractivity contribution in [2.24, 2.45) is 0 Å². The standard InChI is InChI=1S/C24H34N8O3/c1-4-21(33)30-9-8-29(18(3)16-30)10-11-32-22(34)7-6-19-14-25-24(28-23(19)32)27-20-15-26-31(17-20)12-13-35-5-2/h4,14-15,17-18H,1,5-13,16H2,2-3H3,(H,25,27,28)/t18-/m0/s1. The van der Waals surface area contributed by atoms with E-state index in [0.29, 0.717) is 70.5 Å². The number of carbonyl (C=O) groups is 2. The molecule has 0 saturated carbocycles. The smallest absolute Gasteiger partial charge is 0.246 e. The van der Waals surface area contributed by atoms with Gasteiger partial charge in [0, 0.05) is 69.8 Å². The number of hydrogen-bond donors (Lipinski definition) is 1. The van der Waals surface area contributed by atoms with Crippen molar-refractivity contribution in [3.8, 4) is 0 Å². The molecule has 0 spiro atoms. The second kappa shape index (κ2) is 11.4. The Morgan fingerprint density at radius 3 is 2.89 bits per heavy atom. The minimum Gasteiger partial charge on any atom is -0.380 e. The zero-order valence-corrected chi connectivity index (χ0v) is 20.5. The number of aromatic nitrogens is 4. The molecule has 188 valence electrons. The summed E-state index contributed by atoms with van der Waals surface area (Å²) in [6.07, 6.45) is 7.85. The fraction of sp³-hybridized carbons (Fsp3) is 0.542. The Bertz CT molecular complexity index is 1060. The third kappa shape index (κ3) is 6.04. The molecule has 11 heteroatoms. The lowest BCUT2D eigenvalue weighted by atomic mass is 10.1. The monoisotopic (exact) mass is 482 g/mol. The Morgan fingerprint density at radius 1 is 1.26 bits per heavy atom. The van der Waals surface area contributed by atoms with Crippen LogP contribution in [0.4, 0.5) is 17.5 Å². The quantitative estimate of drug-likeness (QED) is 0.400. The first-order chi connectivity index (χ1) is 17.0. The van der Waals surface area contributed by atoms with Gasteiger partial charge in [-0.2, -0.15) is 10.1 Å². The number of anilines is 3. The van der Waals surface area contributed by atoms with Crippen LogP contribution < -0.4 is 10.2 Å². The van der Waals surface area contributed by atoms with E-state index in [1.54, 1.807) is 22.0 Å². The van der Waals surface area contributed by atoms with Crippen LogP contribution in [0.1, 0.15) is 25.8 Å². The highest BCUT2D eigenvalue weighted by Gasteiger charge is 2.29. The summed E-state index contributed by atoms with van der Waals surface area (Å²) in [5, 5.41) is 7.52. The molecule has 0 aromatic carbocycles. The fourth-order valence-electron chi connectivity index (χ4n) is 4.46. The maximum Gasteiger partial charge on any atom is 0.246 e. The zero-order valence-electron chi connectivity index (χ0n) is 20.5. The van der Waals surface area contributed by atoms with Gasteiger partial charge in [-0.3, -0.25) is 24.1 Å². The molecule has 0 aliphatic carbocycles. The Balaban J connectivity index is 1.40. The fourth-order valence-corrected chi connectivity index (χ4v) is 4.46. The van der Waals surface area contributed by atoms with Gasteiger partial charge in [-0.1, -0.05) is 6.58 Å². The van der Waals surface area contributed by atoms with E-state index in [1.807, 2.05) is 18.0 Å². The maximum absolute atomic E-state index is 12.8. The molecular weight excluding hydrogens is 448 g/mol. The number of ether oxygens (including phenoxy) is 1. The summed E-state index contributed by atoms with van der Waals surface area (Å²) in [7, 11) is 0. The first-order valence-electron chi connectivity index (χ1n) is 12.2.